The molecule has 1 saturated heterocycles. The zero-order valence-electron chi connectivity index (χ0n) is 9.18. The maximum Gasteiger partial charge on any atom is 0.258 e. The van der Waals surface area contributed by atoms with Gasteiger partial charge in [-0.3, -0.25) is 9.78 Å². The molecular formula is C9H14ClN3O5. The Hall–Kier alpha value is -1.19. The monoisotopic (exact) mass is 279 g/mol. The normalized spacial score (nSPS) is 31.1. The zero-order chi connectivity index (χ0) is 12.6. The maximum atomic E-state index is 11.6. The van der Waals surface area contributed by atoms with E-state index in [4.69, 9.17) is 15.6 Å². The Balaban J connectivity index is 0.00000162. The van der Waals surface area contributed by atoms with E-state index in [1.165, 1.54) is 6.20 Å². The van der Waals surface area contributed by atoms with Gasteiger partial charge in [0.15, 0.2) is 5.95 Å². The van der Waals surface area contributed by atoms with Gasteiger partial charge in [-0.15, -0.1) is 12.4 Å². The zero-order valence-corrected chi connectivity index (χ0v) is 10.0. The molecule has 1 aliphatic rings. The third-order valence-electron chi connectivity index (χ3n) is 2.70. The molecule has 0 aliphatic carbocycles. The van der Waals surface area contributed by atoms with Crippen molar-refractivity contribution in [2.45, 2.75) is 24.4 Å². The highest BCUT2D eigenvalue weighted by atomic mass is 35.5. The molecule has 0 bridgehead atoms. The number of ether oxygens (including phenoxy) is 1. The molecule has 1 unspecified atom stereocenters. The molecule has 9 heteroatoms. The fraction of sp³-hybridized carbons (Fsp3) is 0.556. The molecule has 2 rings (SSSR count). The first-order chi connectivity index (χ1) is 8.04. The van der Waals surface area contributed by atoms with E-state index in [9.17, 15) is 15.0 Å². The van der Waals surface area contributed by atoms with Crippen molar-refractivity contribution in [2.75, 3.05) is 12.3 Å². The van der Waals surface area contributed by atoms with E-state index < -0.39 is 36.6 Å². The molecule has 0 spiro atoms. The quantitative estimate of drug-likeness (QED) is 0.418. The van der Waals surface area contributed by atoms with Gasteiger partial charge in [-0.05, 0) is 0 Å². The fourth-order valence-electron chi connectivity index (χ4n) is 1.78. The van der Waals surface area contributed by atoms with Gasteiger partial charge in [0.1, 0.15) is 24.4 Å². The van der Waals surface area contributed by atoms with Crippen molar-refractivity contribution in [2.24, 2.45) is 0 Å². The van der Waals surface area contributed by atoms with Crippen LogP contribution in [0.1, 0.15) is 11.7 Å². The molecule has 102 valence electrons. The summed E-state index contributed by atoms with van der Waals surface area (Å²) in [6.07, 6.45) is -3.32. The van der Waals surface area contributed by atoms with E-state index in [0.29, 0.717) is 0 Å². The largest absolute Gasteiger partial charge is 0.394 e. The summed E-state index contributed by atoms with van der Waals surface area (Å²) in [6.45, 7) is -0.449. The highest BCUT2D eigenvalue weighted by Gasteiger charge is 2.44. The Morgan fingerprint density at radius 3 is 2.61 bits per heavy atom. The predicted molar refractivity (Wildman–Crippen MR) is 63.2 cm³/mol. The number of H-pyrrole nitrogens is 1. The molecule has 1 aliphatic heterocycles. The summed E-state index contributed by atoms with van der Waals surface area (Å²) in [4.78, 5) is 17.5. The van der Waals surface area contributed by atoms with Gasteiger partial charge in [-0.25, -0.2) is 4.98 Å². The van der Waals surface area contributed by atoms with Gasteiger partial charge in [-0.1, -0.05) is 0 Å². The Kier molecular flexibility index (Phi) is 4.65. The molecule has 2 heterocycles. The minimum absolute atomic E-state index is 0. The highest BCUT2D eigenvalue weighted by molar-refractivity contribution is 5.85. The minimum Gasteiger partial charge on any atom is -0.394 e. The number of nitrogens with two attached hydrogens (primary N) is 1. The molecule has 1 fully saturated rings. The summed E-state index contributed by atoms with van der Waals surface area (Å²) in [5.41, 5.74) is 4.79. The van der Waals surface area contributed by atoms with E-state index in [0.717, 1.165) is 0 Å². The smallest absolute Gasteiger partial charge is 0.258 e. The SMILES string of the molecule is Cl.Nc1ncc([C@@H]2O[C@H](CO)[C@H](O)C2O)c(=O)[nH]1. The van der Waals surface area contributed by atoms with Crippen LogP contribution in [-0.4, -0.2) is 50.2 Å². The molecule has 0 amide bonds. The van der Waals surface area contributed by atoms with Crippen molar-refractivity contribution in [1.29, 1.82) is 0 Å². The summed E-state index contributed by atoms with van der Waals surface area (Å²) in [6, 6.07) is 0. The van der Waals surface area contributed by atoms with Crippen LogP contribution in [-0.2, 0) is 4.74 Å². The summed E-state index contributed by atoms with van der Waals surface area (Å²) in [5.74, 6) is -0.0505. The first-order valence-electron chi connectivity index (χ1n) is 5.01. The summed E-state index contributed by atoms with van der Waals surface area (Å²) in [7, 11) is 0. The van der Waals surface area contributed by atoms with Gasteiger partial charge < -0.3 is 25.8 Å². The minimum atomic E-state index is -1.29. The van der Waals surface area contributed by atoms with E-state index in [1.807, 2.05) is 0 Å². The van der Waals surface area contributed by atoms with Gasteiger partial charge in [0, 0.05) is 6.20 Å². The molecule has 6 N–H and O–H groups in total. The molecule has 0 saturated carbocycles. The second kappa shape index (κ2) is 5.63. The van der Waals surface area contributed by atoms with Crippen molar-refractivity contribution < 1.29 is 20.1 Å². The van der Waals surface area contributed by atoms with Gasteiger partial charge in [-0.2, -0.15) is 0 Å². The van der Waals surface area contributed by atoms with Crippen LogP contribution in [0.5, 0.6) is 0 Å². The Labute approximate surface area is 108 Å². The van der Waals surface area contributed by atoms with Crippen LogP contribution in [0, 0.1) is 0 Å². The second-order valence-electron chi connectivity index (χ2n) is 3.81. The number of halogens is 1. The number of hydrogen-bond acceptors (Lipinski definition) is 7. The summed E-state index contributed by atoms with van der Waals surface area (Å²) in [5, 5.41) is 28.2. The van der Waals surface area contributed by atoms with Crippen LogP contribution in [0.4, 0.5) is 5.95 Å². The number of aliphatic hydroxyl groups excluding tert-OH is 3. The fourth-order valence-corrected chi connectivity index (χ4v) is 1.78. The van der Waals surface area contributed by atoms with Gasteiger partial charge >= 0.3 is 0 Å². The van der Waals surface area contributed by atoms with Gasteiger partial charge in [0.25, 0.3) is 5.56 Å². The lowest BCUT2D eigenvalue weighted by Crippen LogP contribution is -2.33. The van der Waals surface area contributed by atoms with E-state index in [1.54, 1.807) is 0 Å². The van der Waals surface area contributed by atoms with Crippen LogP contribution in [0.2, 0.25) is 0 Å². The molecule has 8 nitrogen and oxygen atoms in total. The average molecular weight is 280 g/mol. The average Bonchev–Trinajstić information content (AvgIpc) is 2.57. The highest BCUT2D eigenvalue weighted by Crippen LogP contribution is 2.31. The number of aromatic nitrogens is 2. The van der Waals surface area contributed by atoms with Crippen molar-refractivity contribution in [3.05, 3.63) is 22.1 Å². The molecule has 1 aromatic heterocycles. The number of hydrogen-bond donors (Lipinski definition) is 5. The summed E-state index contributed by atoms with van der Waals surface area (Å²) < 4.78 is 5.19. The third-order valence-corrected chi connectivity index (χ3v) is 2.70. The number of anilines is 1. The van der Waals surface area contributed by atoms with Crippen molar-refractivity contribution in [3.8, 4) is 0 Å². The first kappa shape index (κ1) is 14.9. The topological polar surface area (TPSA) is 142 Å². The molecule has 0 radical (unpaired) electrons. The lowest BCUT2D eigenvalue weighted by atomic mass is 10.0. The van der Waals surface area contributed by atoms with Crippen LogP contribution < -0.4 is 11.3 Å². The maximum absolute atomic E-state index is 11.6. The van der Waals surface area contributed by atoms with Crippen LogP contribution >= 0.6 is 12.4 Å². The van der Waals surface area contributed by atoms with Crippen LogP contribution in [0.3, 0.4) is 0 Å². The first-order valence-corrected chi connectivity index (χ1v) is 5.01. The number of aliphatic hydroxyl groups is 3. The standard InChI is InChI=1S/C9H13N3O5.ClH/c10-9-11-1-3(8(16)12-9)7-6(15)5(14)4(2-13)17-7;/h1,4-7,13-15H,2H2,(H3,10,11,12,16);1H/t4-,5+,6?,7+;/m1./s1. The number of aromatic amines is 1. The van der Waals surface area contributed by atoms with E-state index >= 15 is 0 Å². The number of rotatable bonds is 2. The van der Waals surface area contributed by atoms with Gasteiger partial charge in [0.2, 0.25) is 0 Å². The van der Waals surface area contributed by atoms with Crippen molar-refractivity contribution >= 4 is 18.4 Å². The Morgan fingerprint density at radius 2 is 2.11 bits per heavy atom. The van der Waals surface area contributed by atoms with Crippen molar-refractivity contribution in [1.82, 2.24) is 9.97 Å². The number of nitrogens with zero attached hydrogens (tertiary/aromatic N) is 1. The third kappa shape index (κ3) is 2.47. The van der Waals surface area contributed by atoms with E-state index in [-0.39, 0.29) is 23.9 Å². The molecule has 18 heavy (non-hydrogen) atoms. The second-order valence-corrected chi connectivity index (χ2v) is 3.81. The van der Waals surface area contributed by atoms with Crippen molar-refractivity contribution in [3.63, 3.8) is 0 Å². The van der Waals surface area contributed by atoms with E-state index in [2.05, 4.69) is 9.97 Å². The molecule has 0 aromatic carbocycles. The predicted octanol–water partition coefficient (Wildman–Crippen LogP) is -2.07. The summed E-state index contributed by atoms with van der Waals surface area (Å²) >= 11 is 0. The lowest BCUT2D eigenvalue weighted by Gasteiger charge is -2.13. The van der Waals surface area contributed by atoms with Gasteiger partial charge in [0.05, 0.1) is 12.2 Å². The molecular weight excluding hydrogens is 266 g/mol. The molecule has 4 atom stereocenters. The lowest BCUT2D eigenvalue weighted by molar-refractivity contribution is -0.0232. The van der Waals surface area contributed by atoms with Crippen LogP contribution in [0.15, 0.2) is 11.0 Å². The Morgan fingerprint density at radius 1 is 1.44 bits per heavy atom. The number of nitrogens with one attached hydrogen (secondary N) is 1. The number of nitrogen functional groups attached to an aromatic ring is 1. The Bertz CT molecular complexity index is 468. The van der Waals surface area contributed by atoms with Crippen LogP contribution in [0.25, 0.3) is 0 Å². The molecule has 1 aromatic rings.